The number of nitrogens with zero attached hydrogens (tertiary/aromatic N) is 3. The number of hydrogen-bond acceptors (Lipinski definition) is 3. The van der Waals surface area contributed by atoms with Crippen molar-refractivity contribution >= 4 is 40.6 Å². The number of halogens is 1. The van der Waals surface area contributed by atoms with Gasteiger partial charge in [0.1, 0.15) is 6.33 Å². The predicted octanol–water partition coefficient (Wildman–Crippen LogP) is 4.10. The van der Waals surface area contributed by atoms with E-state index in [-0.39, 0.29) is 0 Å². The molecule has 3 rings (SSSR count). The first-order chi connectivity index (χ1) is 11.6. The van der Waals surface area contributed by atoms with Crippen molar-refractivity contribution in [2.75, 3.05) is 10.6 Å². The predicted molar refractivity (Wildman–Crippen MR) is 102 cm³/mol. The molecule has 2 N–H and O–H groups in total. The summed E-state index contributed by atoms with van der Waals surface area (Å²) in [5, 5.41) is 11.6. The van der Waals surface area contributed by atoms with Crippen LogP contribution in [0.5, 0.6) is 0 Å². The molecule has 0 unspecified atom stereocenters. The Morgan fingerprint density at radius 3 is 2.71 bits per heavy atom. The summed E-state index contributed by atoms with van der Waals surface area (Å²) in [5.41, 5.74) is 3.18. The Balaban J connectivity index is 1.59. The number of rotatable bonds is 4. The molecule has 0 amide bonds. The quantitative estimate of drug-likeness (QED) is 0.688. The highest BCUT2D eigenvalue weighted by Gasteiger charge is 2.05. The van der Waals surface area contributed by atoms with Gasteiger partial charge in [-0.15, -0.1) is 5.10 Å². The summed E-state index contributed by atoms with van der Waals surface area (Å²) in [6.07, 6.45) is 1.66. The van der Waals surface area contributed by atoms with Crippen molar-refractivity contribution in [1.82, 2.24) is 14.8 Å². The van der Waals surface area contributed by atoms with Gasteiger partial charge in [0.25, 0.3) is 0 Å². The minimum atomic E-state index is 0.449. The number of aryl methyl sites for hydroxylation is 1. The average molecular weight is 358 g/mol. The van der Waals surface area contributed by atoms with Crippen molar-refractivity contribution in [3.05, 3.63) is 71.0 Å². The van der Waals surface area contributed by atoms with Gasteiger partial charge in [0.15, 0.2) is 5.11 Å². The van der Waals surface area contributed by atoms with E-state index in [1.807, 2.05) is 55.5 Å². The van der Waals surface area contributed by atoms with Gasteiger partial charge in [-0.3, -0.25) is 5.32 Å². The van der Waals surface area contributed by atoms with E-state index in [2.05, 4.69) is 20.7 Å². The van der Waals surface area contributed by atoms with Crippen LogP contribution in [0, 0.1) is 6.92 Å². The number of aromatic nitrogens is 3. The molecule has 5 nitrogen and oxygen atoms in total. The monoisotopic (exact) mass is 357 g/mol. The van der Waals surface area contributed by atoms with E-state index in [1.165, 1.54) is 0 Å². The van der Waals surface area contributed by atoms with Crippen LogP contribution in [0.15, 0.2) is 54.9 Å². The largest absolute Gasteiger partial charge is 0.332 e. The van der Waals surface area contributed by atoms with Gasteiger partial charge < -0.3 is 5.32 Å². The zero-order chi connectivity index (χ0) is 16.9. The Bertz CT molecular complexity index is 844. The standard InChI is InChI=1S/C17H16ClN5S/c1-12-3-2-4-15(9-12)20-17(24)21-16-19-11-23(22-16)10-13-5-7-14(18)8-6-13/h2-9,11H,10H2,1H3,(H2,20,21,22,24). The molecule has 0 aliphatic carbocycles. The zero-order valence-corrected chi connectivity index (χ0v) is 14.6. The van der Waals surface area contributed by atoms with Gasteiger partial charge in [0.05, 0.1) is 6.54 Å². The fourth-order valence-electron chi connectivity index (χ4n) is 2.19. The molecule has 0 radical (unpaired) electrons. The van der Waals surface area contributed by atoms with E-state index in [1.54, 1.807) is 11.0 Å². The van der Waals surface area contributed by atoms with Gasteiger partial charge >= 0.3 is 0 Å². The maximum atomic E-state index is 5.89. The van der Waals surface area contributed by atoms with Crippen LogP contribution in [0.3, 0.4) is 0 Å². The summed E-state index contributed by atoms with van der Waals surface area (Å²) < 4.78 is 1.74. The second-order valence-corrected chi connectivity index (χ2v) is 6.19. The first-order valence-corrected chi connectivity index (χ1v) is 8.16. The molecule has 0 bridgehead atoms. The fourth-order valence-corrected chi connectivity index (χ4v) is 2.53. The van der Waals surface area contributed by atoms with Crippen molar-refractivity contribution in [3.63, 3.8) is 0 Å². The lowest BCUT2D eigenvalue weighted by molar-refractivity contribution is 0.687. The third kappa shape index (κ3) is 4.53. The lowest BCUT2D eigenvalue weighted by atomic mass is 10.2. The molecule has 0 saturated heterocycles. The second kappa shape index (κ2) is 7.42. The van der Waals surface area contributed by atoms with Crippen LogP contribution in [0.25, 0.3) is 0 Å². The molecule has 0 spiro atoms. The average Bonchev–Trinajstić information content (AvgIpc) is 2.96. The van der Waals surface area contributed by atoms with Gasteiger partial charge in [-0.1, -0.05) is 35.9 Å². The van der Waals surface area contributed by atoms with E-state index in [0.29, 0.717) is 22.6 Å². The third-order valence-corrected chi connectivity index (χ3v) is 3.75. The van der Waals surface area contributed by atoms with Gasteiger partial charge in [0, 0.05) is 10.7 Å². The summed E-state index contributed by atoms with van der Waals surface area (Å²) in [6, 6.07) is 15.6. The third-order valence-electron chi connectivity index (χ3n) is 3.30. The smallest absolute Gasteiger partial charge is 0.248 e. The summed E-state index contributed by atoms with van der Waals surface area (Å²) in [5.74, 6) is 0.453. The summed E-state index contributed by atoms with van der Waals surface area (Å²) >= 11 is 11.2. The van der Waals surface area contributed by atoms with E-state index in [9.17, 15) is 0 Å². The normalized spacial score (nSPS) is 10.4. The van der Waals surface area contributed by atoms with E-state index >= 15 is 0 Å². The number of nitrogens with one attached hydrogen (secondary N) is 2. The molecule has 122 valence electrons. The Kier molecular flexibility index (Phi) is 5.08. The molecule has 0 atom stereocenters. The zero-order valence-electron chi connectivity index (χ0n) is 13.0. The van der Waals surface area contributed by atoms with Crippen LogP contribution >= 0.6 is 23.8 Å². The lowest BCUT2D eigenvalue weighted by Gasteiger charge is -2.08. The van der Waals surface area contributed by atoms with Gasteiger partial charge in [-0.25, -0.2) is 9.67 Å². The molecule has 1 aromatic heterocycles. The molecule has 7 heteroatoms. The second-order valence-electron chi connectivity index (χ2n) is 5.34. The van der Waals surface area contributed by atoms with Crippen LogP contribution in [-0.2, 0) is 6.54 Å². The minimum Gasteiger partial charge on any atom is -0.332 e. The van der Waals surface area contributed by atoms with E-state index in [4.69, 9.17) is 23.8 Å². The number of benzene rings is 2. The Hall–Kier alpha value is -2.44. The van der Waals surface area contributed by atoms with Crippen LogP contribution in [-0.4, -0.2) is 19.9 Å². The number of anilines is 2. The summed E-state index contributed by atoms with van der Waals surface area (Å²) in [7, 11) is 0. The van der Waals surface area contributed by atoms with Crippen LogP contribution in [0.4, 0.5) is 11.6 Å². The summed E-state index contributed by atoms with van der Waals surface area (Å²) in [4.78, 5) is 4.22. The van der Waals surface area contributed by atoms with Crippen LogP contribution in [0.2, 0.25) is 5.02 Å². The van der Waals surface area contributed by atoms with Gasteiger partial charge in [-0.05, 0) is 54.5 Å². The molecule has 24 heavy (non-hydrogen) atoms. The summed E-state index contributed by atoms with van der Waals surface area (Å²) in [6.45, 7) is 2.64. The fraction of sp³-hybridized carbons (Fsp3) is 0.118. The molecule has 1 heterocycles. The maximum absolute atomic E-state index is 5.89. The molecule has 3 aromatic rings. The lowest BCUT2D eigenvalue weighted by Crippen LogP contribution is -2.20. The van der Waals surface area contributed by atoms with Gasteiger partial charge in [0.2, 0.25) is 5.95 Å². The Labute approximate surface area is 150 Å². The minimum absolute atomic E-state index is 0.449. The molecular formula is C17H16ClN5S. The number of hydrogen-bond donors (Lipinski definition) is 2. The topological polar surface area (TPSA) is 54.8 Å². The molecular weight excluding hydrogens is 342 g/mol. The van der Waals surface area contributed by atoms with Crippen molar-refractivity contribution < 1.29 is 0 Å². The van der Waals surface area contributed by atoms with Crippen LogP contribution in [0.1, 0.15) is 11.1 Å². The first kappa shape index (κ1) is 16.4. The van der Waals surface area contributed by atoms with E-state index in [0.717, 1.165) is 16.8 Å². The first-order valence-electron chi connectivity index (χ1n) is 7.37. The highest BCUT2D eigenvalue weighted by atomic mass is 35.5. The highest BCUT2D eigenvalue weighted by Crippen LogP contribution is 2.12. The molecule has 0 saturated carbocycles. The molecule has 0 aliphatic rings. The number of thiocarbonyl (C=S) groups is 1. The van der Waals surface area contributed by atoms with E-state index < -0.39 is 0 Å². The molecule has 0 aliphatic heterocycles. The molecule has 0 fully saturated rings. The van der Waals surface area contributed by atoms with Crippen molar-refractivity contribution in [2.45, 2.75) is 13.5 Å². The molecule has 2 aromatic carbocycles. The van der Waals surface area contributed by atoms with Crippen LogP contribution < -0.4 is 10.6 Å². The SMILES string of the molecule is Cc1cccc(NC(=S)Nc2ncn(Cc3ccc(Cl)cc3)n2)c1. The Morgan fingerprint density at radius 1 is 1.17 bits per heavy atom. The van der Waals surface area contributed by atoms with Gasteiger partial charge in [-0.2, -0.15) is 0 Å². The van der Waals surface area contributed by atoms with Crippen molar-refractivity contribution in [2.24, 2.45) is 0 Å². The Morgan fingerprint density at radius 2 is 1.96 bits per heavy atom. The van der Waals surface area contributed by atoms with Crippen molar-refractivity contribution in [1.29, 1.82) is 0 Å². The maximum Gasteiger partial charge on any atom is 0.248 e. The highest BCUT2D eigenvalue weighted by molar-refractivity contribution is 7.80. The van der Waals surface area contributed by atoms with Crippen molar-refractivity contribution in [3.8, 4) is 0 Å².